The van der Waals surface area contributed by atoms with E-state index in [-0.39, 0.29) is 6.04 Å². The molecule has 0 spiro atoms. The minimum absolute atomic E-state index is 0.286. The molecule has 0 saturated carbocycles. The quantitative estimate of drug-likeness (QED) is 0.910. The maximum absolute atomic E-state index is 4.81. The molecule has 2 nitrogen and oxygen atoms in total. The first-order valence-electron chi connectivity index (χ1n) is 6.42. The van der Waals surface area contributed by atoms with Crippen LogP contribution in [-0.2, 0) is 0 Å². The van der Waals surface area contributed by atoms with Gasteiger partial charge in [0.15, 0.2) is 0 Å². The zero-order chi connectivity index (χ0) is 13.1. The molecule has 0 aliphatic heterocycles. The van der Waals surface area contributed by atoms with Gasteiger partial charge in [-0.15, -0.1) is 0 Å². The Bertz CT molecular complexity index is 537. The predicted molar refractivity (Wildman–Crippen MR) is 80.7 cm³/mol. The summed E-state index contributed by atoms with van der Waals surface area (Å²) in [7, 11) is 0. The molecule has 0 aliphatic carbocycles. The Morgan fingerprint density at radius 3 is 2.67 bits per heavy atom. The number of pyridine rings is 1. The fraction of sp³-hybridized carbons (Fsp3) is 0.400. The van der Waals surface area contributed by atoms with Crippen LogP contribution in [-0.4, -0.2) is 11.5 Å². The molecule has 1 unspecified atom stereocenters. The van der Waals surface area contributed by atoms with Gasteiger partial charge >= 0.3 is 0 Å². The van der Waals surface area contributed by atoms with E-state index in [4.69, 9.17) is 4.98 Å². The van der Waals surface area contributed by atoms with Crippen molar-refractivity contribution in [3.63, 3.8) is 0 Å². The van der Waals surface area contributed by atoms with Crippen LogP contribution in [0.3, 0.4) is 0 Å². The minimum Gasteiger partial charge on any atom is -0.309 e. The molecule has 0 radical (unpaired) electrons. The van der Waals surface area contributed by atoms with Crippen molar-refractivity contribution in [3.8, 4) is 0 Å². The van der Waals surface area contributed by atoms with E-state index in [1.165, 1.54) is 5.39 Å². The van der Waals surface area contributed by atoms with Crippen molar-refractivity contribution in [2.24, 2.45) is 5.92 Å². The Kier molecular flexibility index (Phi) is 4.36. The van der Waals surface area contributed by atoms with Crippen LogP contribution in [0.5, 0.6) is 0 Å². The third-order valence-corrected chi connectivity index (χ3v) is 3.73. The number of halogens is 1. The Balaban J connectivity index is 2.51. The lowest BCUT2D eigenvalue weighted by Gasteiger charge is -2.22. The maximum Gasteiger partial charge on any atom is 0.0725 e. The average molecular weight is 307 g/mol. The molecule has 1 aromatic carbocycles. The van der Waals surface area contributed by atoms with Gasteiger partial charge in [-0.05, 0) is 40.5 Å². The third kappa shape index (κ3) is 2.73. The van der Waals surface area contributed by atoms with Gasteiger partial charge in [0, 0.05) is 9.86 Å². The van der Waals surface area contributed by atoms with E-state index >= 15 is 0 Å². The molecule has 1 aromatic heterocycles. The Morgan fingerprint density at radius 1 is 1.28 bits per heavy atom. The van der Waals surface area contributed by atoms with Crippen molar-refractivity contribution in [2.75, 3.05) is 6.54 Å². The predicted octanol–water partition coefficient (Wildman–Crippen LogP) is 4.30. The average Bonchev–Trinajstić information content (AvgIpc) is 2.35. The number of nitrogens with zero attached hydrogens (tertiary/aromatic N) is 1. The lowest BCUT2D eigenvalue weighted by atomic mass is 9.99. The lowest BCUT2D eigenvalue weighted by Crippen LogP contribution is -2.26. The Hall–Kier alpha value is -0.930. The Labute approximate surface area is 117 Å². The molecule has 1 atom stereocenters. The molecule has 3 heteroatoms. The van der Waals surface area contributed by atoms with Crippen LogP contribution in [0.15, 0.2) is 34.8 Å². The van der Waals surface area contributed by atoms with E-state index in [0.29, 0.717) is 5.92 Å². The van der Waals surface area contributed by atoms with Gasteiger partial charge in [-0.1, -0.05) is 39.0 Å². The second-order valence-corrected chi connectivity index (χ2v) is 5.68. The van der Waals surface area contributed by atoms with Crippen molar-refractivity contribution in [3.05, 3.63) is 40.5 Å². The summed E-state index contributed by atoms with van der Waals surface area (Å²) in [5.74, 6) is 0.509. The molecule has 96 valence electrons. The first kappa shape index (κ1) is 13.5. The second-order valence-electron chi connectivity index (χ2n) is 4.83. The smallest absolute Gasteiger partial charge is 0.0725 e. The molecule has 18 heavy (non-hydrogen) atoms. The highest BCUT2D eigenvalue weighted by molar-refractivity contribution is 9.10. The largest absolute Gasteiger partial charge is 0.309 e. The number of aromatic nitrogens is 1. The van der Waals surface area contributed by atoms with E-state index < -0.39 is 0 Å². The fourth-order valence-corrected chi connectivity index (χ4v) is 2.77. The van der Waals surface area contributed by atoms with Crippen molar-refractivity contribution >= 4 is 26.8 Å². The summed E-state index contributed by atoms with van der Waals surface area (Å²) in [5.41, 5.74) is 2.16. The monoisotopic (exact) mass is 306 g/mol. The topological polar surface area (TPSA) is 24.9 Å². The minimum atomic E-state index is 0.286. The Morgan fingerprint density at radius 2 is 2.00 bits per heavy atom. The third-order valence-electron chi connectivity index (χ3n) is 3.09. The lowest BCUT2D eigenvalue weighted by molar-refractivity contribution is 0.412. The van der Waals surface area contributed by atoms with Gasteiger partial charge in [0.05, 0.1) is 17.3 Å². The first-order chi connectivity index (χ1) is 8.63. The van der Waals surface area contributed by atoms with Crippen LogP contribution < -0.4 is 5.32 Å². The van der Waals surface area contributed by atoms with Crippen LogP contribution >= 0.6 is 15.9 Å². The van der Waals surface area contributed by atoms with Crippen molar-refractivity contribution in [1.82, 2.24) is 10.3 Å². The number of para-hydroxylation sites is 1. The standard InChI is InChI=1S/C15H19BrN2/c1-4-17-14(10(2)3)15-12(16)9-11-7-5-6-8-13(11)18-15/h5-10,14,17H,4H2,1-3H3. The normalized spacial score (nSPS) is 13.2. The van der Waals surface area contributed by atoms with Crippen molar-refractivity contribution in [2.45, 2.75) is 26.8 Å². The van der Waals surface area contributed by atoms with Gasteiger partial charge in [-0.2, -0.15) is 0 Å². The highest BCUT2D eigenvalue weighted by Gasteiger charge is 2.19. The highest BCUT2D eigenvalue weighted by atomic mass is 79.9. The van der Waals surface area contributed by atoms with Crippen LogP contribution in [0.1, 0.15) is 32.5 Å². The summed E-state index contributed by atoms with van der Waals surface area (Å²) in [5, 5.41) is 4.68. The van der Waals surface area contributed by atoms with Crippen LogP contribution in [0.2, 0.25) is 0 Å². The molecular weight excluding hydrogens is 288 g/mol. The molecular formula is C15H19BrN2. The molecule has 0 bridgehead atoms. The zero-order valence-corrected chi connectivity index (χ0v) is 12.7. The highest BCUT2D eigenvalue weighted by Crippen LogP contribution is 2.29. The zero-order valence-electron chi connectivity index (χ0n) is 11.1. The van der Waals surface area contributed by atoms with E-state index in [1.807, 2.05) is 12.1 Å². The van der Waals surface area contributed by atoms with E-state index in [9.17, 15) is 0 Å². The van der Waals surface area contributed by atoms with Gasteiger partial charge < -0.3 is 5.32 Å². The van der Waals surface area contributed by atoms with Gasteiger partial charge in [-0.3, -0.25) is 0 Å². The molecule has 0 fully saturated rings. The molecule has 2 rings (SSSR count). The maximum atomic E-state index is 4.81. The summed E-state index contributed by atoms with van der Waals surface area (Å²) in [6.45, 7) is 7.52. The first-order valence-corrected chi connectivity index (χ1v) is 7.21. The number of fused-ring (bicyclic) bond motifs is 1. The molecule has 0 aliphatic rings. The molecule has 2 aromatic rings. The van der Waals surface area contributed by atoms with Crippen LogP contribution in [0, 0.1) is 5.92 Å². The molecule has 0 amide bonds. The van der Waals surface area contributed by atoms with E-state index in [1.54, 1.807) is 0 Å². The number of hydrogen-bond acceptors (Lipinski definition) is 2. The summed E-state index contributed by atoms with van der Waals surface area (Å²) >= 11 is 3.65. The summed E-state index contributed by atoms with van der Waals surface area (Å²) in [4.78, 5) is 4.81. The van der Waals surface area contributed by atoms with Crippen LogP contribution in [0.25, 0.3) is 10.9 Å². The molecule has 0 saturated heterocycles. The van der Waals surface area contributed by atoms with Gasteiger partial charge in [0.1, 0.15) is 0 Å². The number of rotatable bonds is 4. The second kappa shape index (κ2) is 5.81. The molecule has 1 heterocycles. The fourth-order valence-electron chi connectivity index (χ4n) is 2.19. The molecule has 1 N–H and O–H groups in total. The number of benzene rings is 1. The van der Waals surface area contributed by atoms with Gasteiger partial charge in [0.25, 0.3) is 0 Å². The van der Waals surface area contributed by atoms with Gasteiger partial charge in [0.2, 0.25) is 0 Å². The van der Waals surface area contributed by atoms with Crippen molar-refractivity contribution in [1.29, 1.82) is 0 Å². The van der Waals surface area contributed by atoms with E-state index in [2.05, 4.69) is 60.2 Å². The number of nitrogens with one attached hydrogen (secondary N) is 1. The van der Waals surface area contributed by atoms with E-state index in [0.717, 1.165) is 22.2 Å². The summed E-state index contributed by atoms with van der Waals surface area (Å²) < 4.78 is 1.08. The van der Waals surface area contributed by atoms with Crippen molar-refractivity contribution < 1.29 is 0 Å². The summed E-state index contributed by atoms with van der Waals surface area (Å²) in [6.07, 6.45) is 0. The van der Waals surface area contributed by atoms with Crippen LogP contribution in [0.4, 0.5) is 0 Å². The summed E-state index contributed by atoms with van der Waals surface area (Å²) in [6, 6.07) is 10.7. The SMILES string of the molecule is CCNC(c1nc2ccccc2cc1Br)C(C)C. The van der Waals surface area contributed by atoms with Gasteiger partial charge in [-0.25, -0.2) is 4.98 Å². The number of hydrogen-bond donors (Lipinski definition) is 1.